The van der Waals surface area contributed by atoms with Crippen molar-refractivity contribution in [1.29, 1.82) is 0 Å². The van der Waals surface area contributed by atoms with E-state index in [1.54, 1.807) is 30.3 Å². The highest BCUT2D eigenvalue weighted by Gasteiger charge is 2.17. The second-order valence-corrected chi connectivity index (χ2v) is 5.92. The van der Waals surface area contributed by atoms with E-state index >= 15 is 0 Å². The largest absolute Gasteiger partial charge is 0.495 e. The van der Waals surface area contributed by atoms with Gasteiger partial charge in [-0.3, -0.25) is 9.59 Å². The number of anilines is 2. The Kier molecular flexibility index (Phi) is 6.86. The van der Waals surface area contributed by atoms with Gasteiger partial charge in [-0.25, -0.2) is 0 Å². The standard InChI is InChI=1S/C19H21ClN2O4/c1-13(23)22(16-6-4-5-7-18(16)26-3)11-10-19(24)21-15-12-14(20)8-9-17(15)25-2/h4-9,12H,10-11H2,1-3H3,(H,21,24). The van der Waals surface area contributed by atoms with Gasteiger partial charge < -0.3 is 19.7 Å². The summed E-state index contributed by atoms with van der Waals surface area (Å²) in [6.45, 7) is 1.66. The van der Waals surface area contributed by atoms with E-state index in [0.29, 0.717) is 27.9 Å². The molecule has 0 aliphatic heterocycles. The van der Waals surface area contributed by atoms with Crippen molar-refractivity contribution in [2.24, 2.45) is 0 Å². The van der Waals surface area contributed by atoms with Crippen LogP contribution in [0, 0.1) is 0 Å². The molecule has 0 saturated heterocycles. The van der Waals surface area contributed by atoms with Gasteiger partial charge in [0, 0.05) is 24.9 Å². The summed E-state index contributed by atoms with van der Waals surface area (Å²) in [4.78, 5) is 25.9. The third-order valence-corrected chi connectivity index (χ3v) is 3.99. The van der Waals surface area contributed by atoms with Crippen LogP contribution in [-0.4, -0.2) is 32.6 Å². The van der Waals surface area contributed by atoms with Gasteiger partial charge >= 0.3 is 0 Å². The van der Waals surface area contributed by atoms with Crippen LogP contribution >= 0.6 is 11.6 Å². The summed E-state index contributed by atoms with van der Waals surface area (Å²) in [6.07, 6.45) is 0.104. The van der Waals surface area contributed by atoms with Crippen molar-refractivity contribution < 1.29 is 19.1 Å². The van der Waals surface area contributed by atoms with E-state index in [0.717, 1.165) is 0 Å². The highest BCUT2D eigenvalue weighted by molar-refractivity contribution is 6.31. The van der Waals surface area contributed by atoms with Gasteiger partial charge in [-0.2, -0.15) is 0 Å². The number of hydrogen-bond acceptors (Lipinski definition) is 4. The van der Waals surface area contributed by atoms with Crippen LogP contribution in [0.1, 0.15) is 13.3 Å². The van der Waals surface area contributed by atoms with Crippen LogP contribution in [0.25, 0.3) is 0 Å². The first-order valence-electron chi connectivity index (χ1n) is 8.00. The fraction of sp³-hybridized carbons (Fsp3) is 0.263. The minimum absolute atomic E-state index is 0.104. The molecule has 0 unspecified atom stereocenters. The summed E-state index contributed by atoms with van der Waals surface area (Å²) in [5, 5.41) is 3.25. The molecule has 0 aliphatic carbocycles. The van der Waals surface area contributed by atoms with E-state index in [1.165, 1.54) is 26.0 Å². The van der Waals surface area contributed by atoms with Crippen molar-refractivity contribution in [2.75, 3.05) is 31.0 Å². The van der Waals surface area contributed by atoms with E-state index < -0.39 is 0 Å². The molecule has 0 aromatic heterocycles. The number of rotatable bonds is 7. The van der Waals surface area contributed by atoms with Crippen molar-refractivity contribution in [3.05, 3.63) is 47.5 Å². The molecule has 6 nitrogen and oxygen atoms in total. The SMILES string of the molecule is COc1ccc(Cl)cc1NC(=O)CCN(C(C)=O)c1ccccc1OC. The molecule has 0 aliphatic rings. The summed E-state index contributed by atoms with van der Waals surface area (Å²) in [5.74, 6) is 0.643. The molecule has 0 saturated carbocycles. The first-order chi connectivity index (χ1) is 12.5. The summed E-state index contributed by atoms with van der Waals surface area (Å²) in [5.41, 5.74) is 1.10. The van der Waals surface area contributed by atoms with Gasteiger partial charge in [-0.15, -0.1) is 0 Å². The van der Waals surface area contributed by atoms with Gasteiger partial charge in [0.2, 0.25) is 11.8 Å². The number of halogens is 1. The maximum Gasteiger partial charge on any atom is 0.226 e. The number of methoxy groups -OCH3 is 2. The lowest BCUT2D eigenvalue weighted by Gasteiger charge is -2.23. The highest BCUT2D eigenvalue weighted by Crippen LogP contribution is 2.29. The van der Waals surface area contributed by atoms with Gasteiger partial charge in [0.25, 0.3) is 0 Å². The number of amides is 2. The lowest BCUT2D eigenvalue weighted by atomic mass is 10.2. The number of carbonyl (C=O) groups is 2. The van der Waals surface area contributed by atoms with E-state index in [1.807, 2.05) is 12.1 Å². The van der Waals surface area contributed by atoms with Crippen LogP contribution in [-0.2, 0) is 9.59 Å². The zero-order valence-electron chi connectivity index (χ0n) is 14.9. The van der Waals surface area contributed by atoms with E-state index in [2.05, 4.69) is 5.32 Å². The van der Waals surface area contributed by atoms with Crippen LogP contribution < -0.4 is 19.7 Å². The quantitative estimate of drug-likeness (QED) is 0.799. The smallest absolute Gasteiger partial charge is 0.226 e. The molecule has 2 aromatic rings. The molecule has 1 N–H and O–H groups in total. The molecule has 0 heterocycles. The molecule has 138 valence electrons. The van der Waals surface area contributed by atoms with Gasteiger partial charge in [-0.1, -0.05) is 23.7 Å². The van der Waals surface area contributed by atoms with E-state index in [9.17, 15) is 9.59 Å². The Morgan fingerprint density at radius 2 is 1.77 bits per heavy atom. The van der Waals surface area contributed by atoms with Crippen LogP contribution in [0.4, 0.5) is 11.4 Å². The maximum atomic E-state index is 12.3. The van der Waals surface area contributed by atoms with Crippen molar-refractivity contribution >= 4 is 34.8 Å². The predicted octanol–water partition coefficient (Wildman–Crippen LogP) is 3.74. The number of hydrogen-bond donors (Lipinski definition) is 1. The molecule has 0 radical (unpaired) electrons. The van der Waals surface area contributed by atoms with E-state index in [-0.39, 0.29) is 24.8 Å². The van der Waals surface area contributed by atoms with Crippen molar-refractivity contribution in [1.82, 2.24) is 0 Å². The Bertz CT molecular complexity index is 795. The number of nitrogens with one attached hydrogen (secondary N) is 1. The average molecular weight is 377 g/mol. The van der Waals surface area contributed by atoms with Gasteiger partial charge in [0.15, 0.2) is 0 Å². The highest BCUT2D eigenvalue weighted by atomic mass is 35.5. The van der Waals surface area contributed by atoms with Gasteiger partial charge in [0.05, 0.1) is 25.6 Å². The number of carbonyl (C=O) groups excluding carboxylic acids is 2. The Labute approximate surface area is 157 Å². The molecule has 0 bridgehead atoms. The molecule has 0 fully saturated rings. The first kappa shape index (κ1) is 19.6. The molecule has 2 amide bonds. The van der Waals surface area contributed by atoms with Crippen LogP contribution in [0.5, 0.6) is 11.5 Å². The molecule has 2 aromatic carbocycles. The Morgan fingerprint density at radius 3 is 2.42 bits per heavy atom. The van der Waals surface area contributed by atoms with Gasteiger partial charge in [-0.05, 0) is 30.3 Å². The van der Waals surface area contributed by atoms with Crippen LogP contribution in [0.2, 0.25) is 5.02 Å². The van der Waals surface area contributed by atoms with Crippen molar-refractivity contribution in [2.45, 2.75) is 13.3 Å². The van der Waals surface area contributed by atoms with Crippen LogP contribution in [0.3, 0.4) is 0 Å². The zero-order chi connectivity index (χ0) is 19.1. The van der Waals surface area contributed by atoms with Crippen LogP contribution in [0.15, 0.2) is 42.5 Å². The number of ether oxygens (including phenoxy) is 2. The lowest BCUT2D eigenvalue weighted by Crippen LogP contribution is -2.32. The number of nitrogens with zero attached hydrogens (tertiary/aromatic N) is 1. The number of benzene rings is 2. The summed E-state index contributed by atoms with van der Waals surface area (Å²) >= 11 is 5.97. The molecule has 26 heavy (non-hydrogen) atoms. The second kappa shape index (κ2) is 9.10. The van der Waals surface area contributed by atoms with Crippen molar-refractivity contribution in [3.63, 3.8) is 0 Å². The minimum atomic E-state index is -0.258. The normalized spacial score (nSPS) is 10.2. The maximum absolute atomic E-state index is 12.3. The molecule has 2 rings (SSSR count). The second-order valence-electron chi connectivity index (χ2n) is 5.49. The van der Waals surface area contributed by atoms with E-state index in [4.69, 9.17) is 21.1 Å². The fourth-order valence-corrected chi connectivity index (χ4v) is 2.68. The first-order valence-corrected chi connectivity index (χ1v) is 8.38. The third kappa shape index (κ3) is 4.89. The lowest BCUT2D eigenvalue weighted by molar-refractivity contribution is -0.117. The topological polar surface area (TPSA) is 67.9 Å². The summed E-state index contributed by atoms with van der Waals surface area (Å²) in [6, 6.07) is 12.1. The third-order valence-electron chi connectivity index (χ3n) is 3.75. The monoisotopic (exact) mass is 376 g/mol. The number of para-hydroxylation sites is 2. The van der Waals surface area contributed by atoms with Crippen molar-refractivity contribution in [3.8, 4) is 11.5 Å². The molecule has 7 heteroatoms. The Hall–Kier alpha value is -2.73. The summed E-state index contributed by atoms with van der Waals surface area (Å²) < 4.78 is 10.5. The summed E-state index contributed by atoms with van der Waals surface area (Å²) in [7, 11) is 3.05. The average Bonchev–Trinajstić information content (AvgIpc) is 2.62. The molecular weight excluding hydrogens is 356 g/mol. The molecule has 0 spiro atoms. The fourth-order valence-electron chi connectivity index (χ4n) is 2.50. The van der Waals surface area contributed by atoms with Gasteiger partial charge in [0.1, 0.15) is 11.5 Å². The Balaban J connectivity index is 2.09. The predicted molar refractivity (Wildman–Crippen MR) is 102 cm³/mol. The zero-order valence-corrected chi connectivity index (χ0v) is 15.7. The Morgan fingerprint density at radius 1 is 1.08 bits per heavy atom. The minimum Gasteiger partial charge on any atom is -0.495 e. The molecular formula is C19H21ClN2O4. The molecule has 0 atom stereocenters.